The van der Waals surface area contributed by atoms with Gasteiger partial charge in [-0.05, 0) is 55.1 Å². The van der Waals surface area contributed by atoms with Crippen LogP contribution >= 0.6 is 23.8 Å². The second-order valence-corrected chi connectivity index (χ2v) is 5.65. The molecule has 0 aliphatic rings. The van der Waals surface area contributed by atoms with Crippen LogP contribution in [-0.4, -0.2) is 21.1 Å². The molecule has 0 unspecified atom stereocenters. The number of nitrogens with zero attached hydrogens (tertiary/aromatic N) is 3. The fraction of sp³-hybridized carbons (Fsp3) is 0.0625. The van der Waals surface area contributed by atoms with Crippen molar-refractivity contribution in [1.82, 2.24) is 14.9 Å². The standard InChI is InChI=1S/C16H13ClN4OS/c1-11(8-14-6-3-7-22-14)10-18-21-15(19-20-16(21)23)12-4-2-5-13(17)9-12/h2-10H,1H3,(H,20,23)/b11-8+,18-10+. The molecular weight excluding hydrogens is 332 g/mol. The summed E-state index contributed by atoms with van der Waals surface area (Å²) >= 11 is 11.3. The van der Waals surface area contributed by atoms with Gasteiger partial charge in [-0.1, -0.05) is 23.7 Å². The highest BCUT2D eigenvalue weighted by Gasteiger charge is 2.08. The van der Waals surface area contributed by atoms with Crippen LogP contribution in [0.3, 0.4) is 0 Å². The van der Waals surface area contributed by atoms with Crippen molar-refractivity contribution < 1.29 is 4.42 Å². The number of hydrogen-bond acceptors (Lipinski definition) is 4. The fourth-order valence-electron chi connectivity index (χ4n) is 2.00. The Kier molecular flexibility index (Phi) is 4.55. The zero-order valence-corrected chi connectivity index (χ0v) is 13.8. The quantitative estimate of drug-likeness (QED) is 0.546. The summed E-state index contributed by atoms with van der Waals surface area (Å²) in [7, 11) is 0. The first-order valence-corrected chi connectivity index (χ1v) is 7.61. The van der Waals surface area contributed by atoms with E-state index in [4.69, 9.17) is 28.2 Å². The highest BCUT2D eigenvalue weighted by Crippen LogP contribution is 2.21. The Morgan fingerprint density at radius 1 is 1.39 bits per heavy atom. The molecule has 0 amide bonds. The van der Waals surface area contributed by atoms with Gasteiger partial charge < -0.3 is 4.42 Å². The molecule has 116 valence electrons. The van der Waals surface area contributed by atoms with E-state index in [0.29, 0.717) is 15.6 Å². The molecule has 1 aromatic carbocycles. The molecule has 5 nitrogen and oxygen atoms in total. The van der Waals surface area contributed by atoms with Gasteiger partial charge in [0.05, 0.1) is 12.5 Å². The van der Waals surface area contributed by atoms with Crippen molar-refractivity contribution in [1.29, 1.82) is 0 Å². The number of H-pyrrole nitrogens is 1. The Bertz CT molecular complexity index is 922. The number of aromatic nitrogens is 3. The summed E-state index contributed by atoms with van der Waals surface area (Å²) in [4.78, 5) is 0. The summed E-state index contributed by atoms with van der Waals surface area (Å²) < 4.78 is 7.23. The maximum Gasteiger partial charge on any atom is 0.216 e. The monoisotopic (exact) mass is 344 g/mol. The molecule has 2 aromatic heterocycles. The number of benzene rings is 1. The van der Waals surface area contributed by atoms with Gasteiger partial charge in [-0.15, -0.1) is 0 Å². The van der Waals surface area contributed by atoms with E-state index >= 15 is 0 Å². The molecule has 0 aliphatic carbocycles. The van der Waals surface area contributed by atoms with E-state index in [1.54, 1.807) is 23.2 Å². The summed E-state index contributed by atoms with van der Waals surface area (Å²) in [6.45, 7) is 1.93. The molecule has 0 atom stereocenters. The molecule has 7 heteroatoms. The molecule has 1 N–H and O–H groups in total. The Labute approximate surface area is 142 Å². The molecular formula is C16H13ClN4OS. The number of halogens is 1. The van der Waals surface area contributed by atoms with Crippen LogP contribution in [0.2, 0.25) is 5.02 Å². The highest BCUT2D eigenvalue weighted by atomic mass is 35.5. The SMILES string of the molecule is CC(/C=N/n1c(-c2cccc(Cl)c2)n[nH]c1=S)=C\c1ccco1. The molecule has 2 heterocycles. The molecule has 0 saturated carbocycles. The van der Waals surface area contributed by atoms with Crippen LogP contribution in [-0.2, 0) is 0 Å². The van der Waals surface area contributed by atoms with E-state index < -0.39 is 0 Å². The lowest BCUT2D eigenvalue weighted by atomic mass is 10.2. The van der Waals surface area contributed by atoms with E-state index in [2.05, 4.69) is 15.3 Å². The second kappa shape index (κ2) is 6.76. The molecule has 23 heavy (non-hydrogen) atoms. The Morgan fingerprint density at radius 3 is 3.00 bits per heavy atom. The van der Waals surface area contributed by atoms with E-state index in [1.807, 2.05) is 43.3 Å². The first kappa shape index (κ1) is 15.5. The van der Waals surface area contributed by atoms with Crippen LogP contribution in [0.25, 0.3) is 17.5 Å². The van der Waals surface area contributed by atoms with E-state index in [1.165, 1.54) is 0 Å². The first-order valence-electron chi connectivity index (χ1n) is 6.83. The second-order valence-electron chi connectivity index (χ2n) is 4.82. The lowest BCUT2D eigenvalue weighted by molar-refractivity contribution is 0.557. The molecule has 3 aromatic rings. The van der Waals surface area contributed by atoms with Gasteiger partial charge in [-0.25, -0.2) is 5.10 Å². The number of allylic oxidation sites excluding steroid dienone is 1. The van der Waals surface area contributed by atoms with Crippen molar-refractivity contribution >= 4 is 36.1 Å². The summed E-state index contributed by atoms with van der Waals surface area (Å²) in [5.41, 5.74) is 1.75. The predicted octanol–water partition coefficient (Wildman–Crippen LogP) is 4.79. The minimum atomic E-state index is 0.405. The zero-order chi connectivity index (χ0) is 16.2. The van der Waals surface area contributed by atoms with Gasteiger partial charge in [0.1, 0.15) is 5.76 Å². The fourth-order valence-corrected chi connectivity index (χ4v) is 2.37. The number of nitrogens with one attached hydrogen (secondary N) is 1. The minimum Gasteiger partial charge on any atom is -0.465 e. The van der Waals surface area contributed by atoms with Gasteiger partial charge in [0, 0.05) is 10.6 Å². The average molecular weight is 345 g/mol. The Hall–Kier alpha value is -2.44. The van der Waals surface area contributed by atoms with Gasteiger partial charge in [-0.2, -0.15) is 14.9 Å². The maximum atomic E-state index is 6.03. The molecule has 0 fully saturated rings. The van der Waals surface area contributed by atoms with Gasteiger partial charge in [0.25, 0.3) is 0 Å². The number of hydrogen-bond donors (Lipinski definition) is 1. The van der Waals surface area contributed by atoms with E-state index in [9.17, 15) is 0 Å². The maximum absolute atomic E-state index is 6.03. The van der Waals surface area contributed by atoms with Crippen LogP contribution in [0.5, 0.6) is 0 Å². The smallest absolute Gasteiger partial charge is 0.216 e. The van der Waals surface area contributed by atoms with Crippen molar-refractivity contribution in [3.05, 3.63) is 63.8 Å². The summed E-state index contributed by atoms with van der Waals surface area (Å²) in [6.07, 6.45) is 5.20. The van der Waals surface area contributed by atoms with Gasteiger partial charge >= 0.3 is 0 Å². The summed E-state index contributed by atoms with van der Waals surface area (Å²) in [6, 6.07) is 11.1. The largest absolute Gasteiger partial charge is 0.465 e. The molecule has 0 radical (unpaired) electrons. The Balaban J connectivity index is 1.93. The van der Waals surface area contributed by atoms with Crippen LogP contribution in [0.15, 0.2) is 57.8 Å². The lowest BCUT2D eigenvalue weighted by Gasteiger charge is -2.01. The number of furan rings is 1. The summed E-state index contributed by atoms with van der Waals surface area (Å²) in [5, 5.41) is 12.0. The number of rotatable bonds is 4. The molecule has 0 saturated heterocycles. The molecule has 0 aliphatic heterocycles. The Morgan fingerprint density at radius 2 is 2.26 bits per heavy atom. The molecule has 0 bridgehead atoms. The van der Waals surface area contributed by atoms with E-state index in [-0.39, 0.29) is 0 Å². The first-order chi connectivity index (χ1) is 11.1. The van der Waals surface area contributed by atoms with E-state index in [0.717, 1.165) is 16.9 Å². The van der Waals surface area contributed by atoms with Gasteiger partial charge in [0.15, 0.2) is 5.82 Å². The van der Waals surface area contributed by atoms with Gasteiger partial charge in [-0.3, -0.25) is 0 Å². The normalized spacial score (nSPS) is 12.2. The van der Waals surface area contributed by atoms with Crippen molar-refractivity contribution in [2.75, 3.05) is 0 Å². The van der Waals surface area contributed by atoms with Crippen molar-refractivity contribution in [3.63, 3.8) is 0 Å². The predicted molar refractivity (Wildman–Crippen MR) is 94.1 cm³/mol. The third kappa shape index (κ3) is 3.67. The van der Waals surface area contributed by atoms with Crippen LogP contribution < -0.4 is 0 Å². The topological polar surface area (TPSA) is 59.1 Å². The van der Waals surface area contributed by atoms with Crippen LogP contribution in [0, 0.1) is 4.77 Å². The van der Waals surface area contributed by atoms with Crippen molar-refractivity contribution in [3.8, 4) is 11.4 Å². The van der Waals surface area contributed by atoms with Crippen LogP contribution in [0.4, 0.5) is 0 Å². The average Bonchev–Trinajstić information content (AvgIpc) is 3.15. The van der Waals surface area contributed by atoms with Crippen LogP contribution in [0.1, 0.15) is 12.7 Å². The lowest BCUT2D eigenvalue weighted by Crippen LogP contribution is -1.94. The van der Waals surface area contributed by atoms with Crippen molar-refractivity contribution in [2.45, 2.75) is 6.92 Å². The van der Waals surface area contributed by atoms with Crippen molar-refractivity contribution in [2.24, 2.45) is 5.10 Å². The molecule has 0 spiro atoms. The third-order valence-corrected chi connectivity index (χ3v) is 3.52. The highest BCUT2D eigenvalue weighted by molar-refractivity contribution is 7.71. The summed E-state index contributed by atoms with van der Waals surface area (Å²) in [5.74, 6) is 1.36. The zero-order valence-electron chi connectivity index (χ0n) is 12.2. The third-order valence-electron chi connectivity index (χ3n) is 3.02. The number of aromatic amines is 1. The van der Waals surface area contributed by atoms with Gasteiger partial charge in [0.2, 0.25) is 4.77 Å². The molecule has 3 rings (SSSR count). The minimum absolute atomic E-state index is 0.405.